The van der Waals surface area contributed by atoms with Crippen LogP contribution in [-0.4, -0.2) is 53.2 Å². The molecule has 0 bridgehead atoms. The van der Waals surface area contributed by atoms with Crippen LogP contribution in [0.2, 0.25) is 0 Å². The van der Waals surface area contributed by atoms with Crippen LogP contribution < -0.4 is 14.8 Å². The molecule has 1 aromatic carbocycles. The van der Waals surface area contributed by atoms with Crippen molar-refractivity contribution in [2.45, 2.75) is 26.4 Å². The summed E-state index contributed by atoms with van der Waals surface area (Å²) in [7, 11) is -4.53. The van der Waals surface area contributed by atoms with E-state index in [0.29, 0.717) is 0 Å². The fraction of sp³-hybridized carbons (Fsp3) is 0.444. The Hall–Kier alpha value is -2.35. The van der Waals surface area contributed by atoms with Crippen molar-refractivity contribution in [3.63, 3.8) is 0 Å². The molecule has 10 heteroatoms. The zero-order valence-electron chi connectivity index (χ0n) is 16.1. The van der Waals surface area contributed by atoms with Crippen LogP contribution >= 0.6 is 7.60 Å². The van der Waals surface area contributed by atoms with Gasteiger partial charge in [-0.3, -0.25) is 9.36 Å². The Balaban J connectivity index is 2.83. The van der Waals surface area contributed by atoms with Gasteiger partial charge in [-0.2, -0.15) is 0 Å². The van der Waals surface area contributed by atoms with Crippen LogP contribution in [0.5, 0.6) is 11.5 Å². The van der Waals surface area contributed by atoms with Crippen molar-refractivity contribution in [3.8, 4) is 11.5 Å². The molecule has 156 valence electrons. The predicted octanol–water partition coefficient (Wildman–Crippen LogP) is 2.52. The maximum absolute atomic E-state index is 12.2. The molecule has 3 N–H and O–H groups in total. The number of amides is 1. The molecule has 0 spiro atoms. The number of carbonyl (C=O) groups excluding carboxylic acids is 2. The lowest BCUT2D eigenvalue weighted by Gasteiger charge is -2.20. The summed E-state index contributed by atoms with van der Waals surface area (Å²) < 4.78 is 27.3. The molecule has 1 amide bonds. The Morgan fingerprint density at radius 3 is 2.50 bits per heavy atom. The van der Waals surface area contributed by atoms with Crippen molar-refractivity contribution in [1.29, 1.82) is 0 Å². The Morgan fingerprint density at radius 1 is 1.25 bits per heavy atom. The van der Waals surface area contributed by atoms with Crippen LogP contribution in [0.1, 0.15) is 31.1 Å². The molecule has 0 aliphatic carbocycles. The Kier molecular flexibility index (Phi) is 8.68. The van der Waals surface area contributed by atoms with Crippen molar-refractivity contribution in [2.24, 2.45) is 0 Å². The molecule has 0 fully saturated rings. The Morgan fingerprint density at radius 2 is 1.93 bits per heavy atom. The lowest BCUT2D eigenvalue weighted by molar-refractivity contribution is 0.0520. The van der Waals surface area contributed by atoms with Crippen LogP contribution in [0.15, 0.2) is 30.9 Å². The van der Waals surface area contributed by atoms with Crippen molar-refractivity contribution < 1.29 is 38.2 Å². The highest BCUT2D eigenvalue weighted by atomic mass is 31.2. The molecule has 0 saturated carbocycles. The molecular formula is C18H26NO8P. The van der Waals surface area contributed by atoms with E-state index in [4.69, 9.17) is 24.0 Å². The number of nitrogens with one attached hydrogen (secondary N) is 1. The van der Waals surface area contributed by atoms with Gasteiger partial charge in [-0.05, 0) is 32.9 Å². The maximum atomic E-state index is 12.2. The molecule has 0 aliphatic heterocycles. The van der Waals surface area contributed by atoms with Gasteiger partial charge >= 0.3 is 13.7 Å². The summed E-state index contributed by atoms with van der Waals surface area (Å²) in [5, 5.41) is 2.53. The average molecular weight is 415 g/mol. The highest BCUT2D eigenvalue weighted by molar-refractivity contribution is 7.52. The number of hydrogen-bond donors (Lipinski definition) is 3. The Bertz CT molecular complexity index is 750. The topological polar surface area (TPSA) is 131 Å². The fourth-order valence-electron chi connectivity index (χ4n) is 2.04. The highest BCUT2D eigenvalue weighted by Gasteiger charge is 2.24. The number of alkyl carbamates (subject to hydrolysis) is 1. The third-order valence-electron chi connectivity index (χ3n) is 3.00. The summed E-state index contributed by atoms with van der Waals surface area (Å²) in [5.74, 6) is -0.521. The Labute approximate surface area is 163 Å². The molecule has 0 heterocycles. The predicted molar refractivity (Wildman–Crippen MR) is 103 cm³/mol. The van der Waals surface area contributed by atoms with Gasteiger partial charge in [0.25, 0.3) is 0 Å². The summed E-state index contributed by atoms with van der Waals surface area (Å²) in [6.45, 7) is 9.01. The quantitative estimate of drug-likeness (QED) is 0.230. The smallest absolute Gasteiger partial charge is 0.407 e. The monoisotopic (exact) mass is 415 g/mol. The van der Waals surface area contributed by atoms with Gasteiger partial charge in [-0.1, -0.05) is 18.7 Å². The van der Waals surface area contributed by atoms with E-state index < -0.39 is 31.2 Å². The summed E-state index contributed by atoms with van der Waals surface area (Å²) in [6, 6.07) is 4.44. The first-order chi connectivity index (χ1) is 12.9. The summed E-state index contributed by atoms with van der Waals surface area (Å²) in [5.41, 5.74) is -0.632. The van der Waals surface area contributed by atoms with E-state index in [9.17, 15) is 14.2 Å². The first-order valence-electron chi connectivity index (χ1n) is 8.47. The van der Waals surface area contributed by atoms with Crippen molar-refractivity contribution in [2.75, 3.05) is 25.9 Å². The van der Waals surface area contributed by atoms with E-state index in [1.54, 1.807) is 26.8 Å². The normalized spacial score (nSPS) is 11.5. The minimum Gasteiger partial charge on any atom is -0.488 e. The molecular weight excluding hydrogens is 389 g/mol. The van der Waals surface area contributed by atoms with Crippen LogP contribution in [0.4, 0.5) is 4.79 Å². The molecule has 1 rings (SSSR count). The molecule has 0 aliphatic rings. The second-order valence-electron chi connectivity index (χ2n) is 6.76. The van der Waals surface area contributed by atoms with E-state index in [1.807, 2.05) is 0 Å². The van der Waals surface area contributed by atoms with Gasteiger partial charge in [-0.15, -0.1) is 0 Å². The SMILES string of the molecule is C=CCOc1c(OCCNC(=O)OC(C)(C)C)cccc1C(=O)CP(=O)(O)O. The van der Waals surface area contributed by atoms with Gasteiger partial charge in [0.15, 0.2) is 17.3 Å². The molecule has 0 radical (unpaired) electrons. The van der Waals surface area contributed by atoms with E-state index in [2.05, 4.69) is 11.9 Å². The van der Waals surface area contributed by atoms with Gasteiger partial charge in [0, 0.05) is 0 Å². The van der Waals surface area contributed by atoms with Gasteiger partial charge in [0.1, 0.15) is 25.0 Å². The lowest BCUT2D eigenvalue weighted by Crippen LogP contribution is -2.34. The third-order valence-corrected chi connectivity index (χ3v) is 3.70. The maximum Gasteiger partial charge on any atom is 0.407 e. The van der Waals surface area contributed by atoms with Gasteiger partial charge in [0.05, 0.1) is 12.1 Å². The van der Waals surface area contributed by atoms with Crippen LogP contribution in [0, 0.1) is 0 Å². The number of Topliss-reactive ketones (excluding diaryl/α,β-unsaturated/α-hetero) is 1. The summed E-state index contributed by atoms with van der Waals surface area (Å²) in [4.78, 5) is 41.9. The standard InChI is InChI=1S/C18H26NO8P/c1-5-10-26-16-13(14(20)12-28(22,23)24)7-6-8-15(16)25-11-9-19-17(21)27-18(2,3)4/h5-8H,1,9-12H2,2-4H3,(H,19,21)(H2,22,23,24). The van der Waals surface area contributed by atoms with Crippen molar-refractivity contribution in [1.82, 2.24) is 5.32 Å². The fourth-order valence-corrected chi connectivity index (χ4v) is 2.59. The first-order valence-corrected chi connectivity index (χ1v) is 10.3. The zero-order valence-corrected chi connectivity index (χ0v) is 17.0. The molecule has 0 saturated heterocycles. The third kappa shape index (κ3) is 9.03. The summed E-state index contributed by atoms with van der Waals surface area (Å²) >= 11 is 0. The van der Waals surface area contributed by atoms with E-state index >= 15 is 0 Å². The molecule has 0 unspecified atom stereocenters. The molecule has 28 heavy (non-hydrogen) atoms. The number of hydrogen-bond acceptors (Lipinski definition) is 6. The molecule has 1 aromatic rings. The molecule has 9 nitrogen and oxygen atoms in total. The second kappa shape index (κ2) is 10.3. The average Bonchev–Trinajstić information content (AvgIpc) is 2.54. The number of para-hydroxylation sites is 1. The lowest BCUT2D eigenvalue weighted by atomic mass is 10.1. The highest BCUT2D eigenvalue weighted by Crippen LogP contribution is 2.38. The number of ketones is 1. The van der Waals surface area contributed by atoms with E-state index in [1.165, 1.54) is 18.2 Å². The molecule has 0 aromatic heterocycles. The van der Waals surface area contributed by atoms with Gasteiger partial charge in [0.2, 0.25) is 0 Å². The van der Waals surface area contributed by atoms with E-state index in [-0.39, 0.29) is 36.8 Å². The summed E-state index contributed by atoms with van der Waals surface area (Å²) in [6.07, 6.45) is -0.0797. The largest absolute Gasteiger partial charge is 0.488 e. The second-order valence-corrected chi connectivity index (χ2v) is 8.40. The number of benzene rings is 1. The van der Waals surface area contributed by atoms with Crippen molar-refractivity contribution in [3.05, 3.63) is 36.4 Å². The number of rotatable bonds is 10. The minimum absolute atomic E-state index is 0.0113. The molecule has 0 atom stereocenters. The zero-order chi connectivity index (χ0) is 21.4. The first kappa shape index (κ1) is 23.7. The van der Waals surface area contributed by atoms with Crippen LogP contribution in [-0.2, 0) is 9.30 Å². The van der Waals surface area contributed by atoms with Crippen LogP contribution in [0.25, 0.3) is 0 Å². The van der Waals surface area contributed by atoms with Crippen LogP contribution in [0.3, 0.4) is 0 Å². The van der Waals surface area contributed by atoms with Gasteiger partial charge < -0.3 is 29.3 Å². The van der Waals surface area contributed by atoms with E-state index in [0.717, 1.165) is 0 Å². The minimum atomic E-state index is -4.53. The number of carbonyl (C=O) groups is 2. The van der Waals surface area contributed by atoms with Gasteiger partial charge in [-0.25, -0.2) is 4.79 Å². The van der Waals surface area contributed by atoms with Crippen molar-refractivity contribution >= 4 is 19.5 Å². The number of ether oxygens (including phenoxy) is 3.